The van der Waals surface area contributed by atoms with Crippen LogP contribution in [0.4, 0.5) is 11.4 Å². The second-order valence-electron chi connectivity index (χ2n) is 9.32. The number of anilines is 2. The van der Waals surface area contributed by atoms with Gasteiger partial charge in [-0.2, -0.15) is 0 Å². The highest BCUT2D eigenvalue weighted by molar-refractivity contribution is 5.96. The lowest BCUT2D eigenvalue weighted by atomic mass is 9.95. The molecule has 3 N–H and O–H groups in total. The molecule has 9 nitrogen and oxygen atoms in total. The molecule has 3 aromatic rings. The second kappa shape index (κ2) is 11.9. The van der Waals surface area contributed by atoms with Crippen LogP contribution >= 0.6 is 0 Å². The molecule has 0 heterocycles. The summed E-state index contributed by atoms with van der Waals surface area (Å²) in [6.07, 6.45) is 1.16. The summed E-state index contributed by atoms with van der Waals surface area (Å²) >= 11 is 0. The number of nitrogens with one attached hydrogen (secondary N) is 3. The van der Waals surface area contributed by atoms with Gasteiger partial charge in [0.1, 0.15) is 6.04 Å². The zero-order valence-corrected chi connectivity index (χ0v) is 22.7. The van der Waals surface area contributed by atoms with Gasteiger partial charge in [-0.1, -0.05) is 24.3 Å². The van der Waals surface area contributed by atoms with Crippen molar-refractivity contribution in [2.24, 2.45) is 0 Å². The largest absolute Gasteiger partial charge is 0.493 e. The first-order valence-electron chi connectivity index (χ1n) is 12.7. The molecular weight excluding hydrogens is 498 g/mol. The van der Waals surface area contributed by atoms with Crippen LogP contribution in [0.1, 0.15) is 37.4 Å². The third-order valence-electron chi connectivity index (χ3n) is 6.72. The maximum absolute atomic E-state index is 13.5. The predicted molar refractivity (Wildman–Crippen MR) is 151 cm³/mol. The van der Waals surface area contributed by atoms with E-state index in [0.29, 0.717) is 46.9 Å². The van der Waals surface area contributed by atoms with Crippen LogP contribution in [-0.4, -0.2) is 39.2 Å². The molecule has 0 saturated heterocycles. The van der Waals surface area contributed by atoms with E-state index in [1.165, 1.54) is 20.1 Å². The van der Waals surface area contributed by atoms with Gasteiger partial charge < -0.3 is 30.2 Å². The van der Waals surface area contributed by atoms with Crippen LogP contribution in [0.25, 0.3) is 11.1 Å². The number of ether oxygens (including phenoxy) is 3. The minimum atomic E-state index is -0.697. The first-order chi connectivity index (χ1) is 18.8. The molecule has 2 amide bonds. The molecule has 0 spiro atoms. The Morgan fingerprint density at radius 1 is 0.949 bits per heavy atom. The lowest BCUT2D eigenvalue weighted by Crippen LogP contribution is -2.33. The van der Waals surface area contributed by atoms with Crippen LogP contribution in [0, 0.1) is 0 Å². The number of benzene rings is 2. The summed E-state index contributed by atoms with van der Waals surface area (Å²) in [7, 11) is 4.65. The number of rotatable bonds is 8. The Bertz CT molecular complexity index is 1440. The van der Waals surface area contributed by atoms with Gasteiger partial charge in [-0.05, 0) is 66.8 Å². The molecule has 0 saturated carbocycles. The Morgan fingerprint density at radius 3 is 2.31 bits per heavy atom. The number of methoxy groups -OCH3 is 3. The van der Waals surface area contributed by atoms with Gasteiger partial charge in [0.05, 0.1) is 33.1 Å². The van der Waals surface area contributed by atoms with E-state index in [-0.39, 0.29) is 22.9 Å². The van der Waals surface area contributed by atoms with Crippen molar-refractivity contribution >= 4 is 23.2 Å². The summed E-state index contributed by atoms with van der Waals surface area (Å²) in [6, 6.07) is 14.9. The molecule has 0 radical (unpaired) electrons. The fourth-order valence-corrected chi connectivity index (χ4v) is 4.90. The molecule has 39 heavy (non-hydrogen) atoms. The fourth-order valence-electron chi connectivity index (χ4n) is 4.90. The molecule has 2 atom stereocenters. The van der Waals surface area contributed by atoms with Crippen molar-refractivity contribution in [3.63, 3.8) is 0 Å². The first-order valence-corrected chi connectivity index (χ1v) is 12.7. The number of para-hydroxylation sites is 1. The molecule has 4 rings (SSSR count). The molecule has 1 aliphatic carbocycles. The van der Waals surface area contributed by atoms with Crippen molar-refractivity contribution in [1.82, 2.24) is 5.32 Å². The molecule has 3 aromatic carbocycles. The topological polar surface area (TPSA) is 115 Å². The molecular formula is C30H33N3O6. The van der Waals surface area contributed by atoms with E-state index in [0.717, 1.165) is 11.1 Å². The number of amides is 2. The van der Waals surface area contributed by atoms with E-state index >= 15 is 0 Å². The molecule has 0 aromatic heterocycles. The minimum absolute atomic E-state index is 0.206. The molecule has 9 heteroatoms. The summed E-state index contributed by atoms with van der Waals surface area (Å²) in [5.74, 6) is 0.940. The van der Waals surface area contributed by atoms with Crippen molar-refractivity contribution in [2.45, 2.75) is 38.8 Å². The number of carbonyl (C=O) groups excluding carboxylic acids is 2. The van der Waals surface area contributed by atoms with E-state index < -0.39 is 12.1 Å². The van der Waals surface area contributed by atoms with Crippen molar-refractivity contribution < 1.29 is 23.8 Å². The van der Waals surface area contributed by atoms with Crippen molar-refractivity contribution in [3.05, 3.63) is 75.9 Å². The monoisotopic (exact) mass is 531 g/mol. The molecule has 0 fully saturated rings. The van der Waals surface area contributed by atoms with Crippen LogP contribution in [0.15, 0.2) is 59.4 Å². The average molecular weight is 532 g/mol. The molecule has 0 bridgehead atoms. The van der Waals surface area contributed by atoms with E-state index in [1.54, 1.807) is 39.3 Å². The highest BCUT2D eigenvalue weighted by Gasteiger charge is 2.29. The SMILES string of the molecule is COc1cc2c(c(OC)c1OC)-c1ccc(N[C@H](C)C(=O)Nc3ccccc3)c(=O)cc1[C@H](NC(C)=O)CC2. The molecule has 0 unspecified atom stereocenters. The number of hydrogen-bond donors (Lipinski definition) is 3. The maximum atomic E-state index is 13.5. The maximum Gasteiger partial charge on any atom is 0.246 e. The van der Waals surface area contributed by atoms with Gasteiger partial charge in [0.25, 0.3) is 0 Å². The molecule has 0 aliphatic heterocycles. The van der Waals surface area contributed by atoms with Crippen LogP contribution in [0.2, 0.25) is 0 Å². The second-order valence-corrected chi connectivity index (χ2v) is 9.32. The van der Waals surface area contributed by atoms with E-state index in [2.05, 4.69) is 16.0 Å². The van der Waals surface area contributed by atoms with Gasteiger partial charge in [0, 0.05) is 18.2 Å². The van der Waals surface area contributed by atoms with E-state index in [4.69, 9.17) is 14.2 Å². The van der Waals surface area contributed by atoms with Crippen molar-refractivity contribution in [1.29, 1.82) is 0 Å². The summed E-state index contributed by atoms with van der Waals surface area (Å²) < 4.78 is 17.0. The third-order valence-corrected chi connectivity index (χ3v) is 6.72. The van der Waals surface area contributed by atoms with E-state index in [1.807, 2.05) is 30.3 Å². The zero-order valence-electron chi connectivity index (χ0n) is 22.7. The summed E-state index contributed by atoms with van der Waals surface area (Å²) in [5, 5.41) is 8.88. The van der Waals surface area contributed by atoms with Gasteiger partial charge >= 0.3 is 0 Å². The number of carbonyl (C=O) groups is 2. The summed E-state index contributed by atoms with van der Waals surface area (Å²) in [4.78, 5) is 38.4. The summed E-state index contributed by atoms with van der Waals surface area (Å²) in [6.45, 7) is 3.14. The van der Waals surface area contributed by atoms with Crippen LogP contribution in [-0.2, 0) is 16.0 Å². The zero-order chi connectivity index (χ0) is 28.1. The minimum Gasteiger partial charge on any atom is -0.493 e. The van der Waals surface area contributed by atoms with Crippen LogP contribution < -0.4 is 35.6 Å². The Kier molecular flexibility index (Phi) is 8.39. The standard InChI is InChI=1S/C30H33N3O6/c1-17(30(36)33-20-9-7-6-8-10-20)31-24-14-12-21-22(16-25(24)35)23(32-18(2)34)13-11-19-15-26(37-3)28(38-4)29(39-5)27(19)21/h6-10,12,14-17,23H,11,13H2,1-5H3,(H,31,35)(H,32,34)(H,33,36)/t17-,23-/m1/s1. The van der Waals surface area contributed by atoms with E-state index in [9.17, 15) is 14.4 Å². The Labute approximate surface area is 227 Å². The lowest BCUT2D eigenvalue weighted by Gasteiger charge is -2.19. The molecule has 204 valence electrons. The Balaban J connectivity index is 1.82. The quantitative estimate of drug-likeness (QED) is 0.397. The van der Waals surface area contributed by atoms with Gasteiger partial charge in [-0.15, -0.1) is 0 Å². The lowest BCUT2D eigenvalue weighted by molar-refractivity contribution is -0.119. The van der Waals surface area contributed by atoms with Gasteiger partial charge in [0.15, 0.2) is 11.5 Å². The first kappa shape index (κ1) is 27.5. The normalized spacial score (nSPS) is 14.5. The number of hydrogen-bond acceptors (Lipinski definition) is 7. The highest BCUT2D eigenvalue weighted by Crippen LogP contribution is 2.50. The smallest absolute Gasteiger partial charge is 0.246 e. The van der Waals surface area contributed by atoms with Gasteiger partial charge in [-0.3, -0.25) is 14.4 Å². The van der Waals surface area contributed by atoms with Crippen LogP contribution in [0.3, 0.4) is 0 Å². The predicted octanol–water partition coefficient (Wildman–Crippen LogP) is 4.30. The molecule has 1 aliphatic rings. The number of aryl methyl sites for hydroxylation is 1. The third kappa shape index (κ3) is 5.82. The van der Waals surface area contributed by atoms with Crippen molar-refractivity contribution in [3.8, 4) is 28.4 Å². The number of fused-ring (bicyclic) bond motifs is 3. The van der Waals surface area contributed by atoms with Crippen molar-refractivity contribution in [2.75, 3.05) is 32.0 Å². The van der Waals surface area contributed by atoms with Gasteiger partial charge in [-0.25, -0.2) is 0 Å². The average Bonchev–Trinajstić information content (AvgIpc) is 3.16. The van der Waals surface area contributed by atoms with Crippen LogP contribution in [0.5, 0.6) is 17.2 Å². The summed E-state index contributed by atoms with van der Waals surface area (Å²) in [5.41, 5.74) is 3.65. The Hall–Kier alpha value is -4.53. The van der Waals surface area contributed by atoms with Gasteiger partial charge in [0.2, 0.25) is 23.0 Å². The Morgan fingerprint density at radius 2 is 1.67 bits per heavy atom. The highest BCUT2D eigenvalue weighted by atomic mass is 16.5. The fraction of sp³-hybridized carbons (Fsp3) is 0.300.